The lowest BCUT2D eigenvalue weighted by Crippen LogP contribution is -2.31. The third-order valence-electron chi connectivity index (χ3n) is 6.67. The summed E-state index contributed by atoms with van der Waals surface area (Å²) in [5.41, 5.74) is 7.90. The Hall–Kier alpha value is -4.04. The van der Waals surface area contributed by atoms with Crippen molar-refractivity contribution in [1.29, 1.82) is 0 Å². The summed E-state index contributed by atoms with van der Waals surface area (Å²) >= 11 is 1.59. The smallest absolute Gasteiger partial charge is 0.255 e. The van der Waals surface area contributed by atoms with Gasteiger partial charge in [0.2, 0.25) is 11.1 Å². The first kappa shape index (κ1) is 25.6. The largest absolute Gasteiger partial charge is 0.497 e. The molecule has 2 heterocycles. The summed E-state index contributed by atoms with van der Waals surface area (Å²) in [4.78, 5) is 18.4. The van der Waals surface area contributed by atoms with Crippen LogP contribution in [0.25, 0.3) is 0 Å². The van der Waals surface area contributed by atoms with Crippen molar-refractivity contribution in [2.45, 2.75) is 44.6 Å². The van der Waals surface area contributed by atoms with Gasteiger partial charge >= 0.3 is 0 Å². The highest BCUT2D eigenvalue weighted by Gasteiger charge is 2.34. The Labute approximate surface area is 227 Å². The van der Waals surface area contributed by atoms with Crippen molar-refractivity contribution in [1.82, 2.24) is 14.8 Å². The molecule has 7 nitrogen and oxygen atoms in total. The first-order valence-corrected chi connectivity index (χ1v) is 13.5. The molecular formula is C30H31N5O2S. The van der Waals surface area contributed by atoms with Gasteiger partial charge in [0.25, 0.3) is 5.91 Å². The molecule has 1 aromatic heterocycles. The molecule has 5 rings (SSSR count). The summed E-state index contributed by atoms with van der Waals surface area (Å²) in [6.07, 6.45) is 0. The van der Waals surface area contributed by atoms with Crippen molar-refractivity contribution < 1.29 is 9.53 Å². The molecule has 0 fully saturated rings. The Kier molecular flexibility index (Phi) is 7.24. The van der Waals surface area contributed by atoms with E-state index in [1.54, 1.807) is 18.9 Å². The number of methoxy groups -OCH3 is 1. The third-order valence-corrected chi connectivity index (χ3v) is 7.56. The van der Waals surface area contributed by atoms with Gasteiger partial charge in [0.1, 0.15) is 11.8 Å². The van der Waals surface area contributed by atoms with Crippen LogP contribution in [-0.4, -0.2) is 27.8 Å². The topological polar surface area (TPSA) is 81.1 Å². The Bertz CT molecular complexity index is 1510. The predicted molar refractivity (Wildman–Crippen MR) is 153 cm³/mol. The number of carbonyl (C=O) groups is 1. The predicted octanol–water partition coefficient (Wildman–Crippen LogP) is 6.43. The molecule has 194 valence electrons. The van der Waals surface area contributed by atoms with E-state index in [2.05, 4.69) is 54.8 Å². The van der Waals surface area contributed by atoms with Gasteiger partial charge in [-0.05, 0) is 68.7 Å². The minimum absolute atomic E-state index is 0.198. The van der Waals surface area contributed by atoms with Crippen molar-refractivity contribution in [3.63, 3.8) is 0 Å². The van der Waals surface area contributed by atoms with E-state index in [0.717, 1.165) is 28.3 Å². The molecule has 1 amide bonds. The number of hydrogen-bond acceptors (Lipinski definition) is 6. The fourth-order valence-electron chi connectivity index (χ4n) is 4.57. The molecule has 0 saturated carbocycles. The Morgan fingerprint density at radius 3 is 2.39 bits per heavy atom. The van der Waals surface area contributed by atoms with Gasteiger partial charge in [0, 0.05) is 17.1 Å². The summed E-state index contributed by atoms with van der Waals surface area (Å²) in [7, 11) is 1.62. The average Bonchev–Trinajstić information content (AvgIpc) is 3.30. The summed E-state index contributed by atoms with van der Waals surface area (Å²) in [5.74, 6) is 1.92. The van der Waals surface area contributed by atoms with Gasteiger partial charge in [0.05, 0.1) is 12.7 Å². The van der Waals surface area contributed by atoms with Crippen LogP contribution < -0.4 is 15.4 Å². The summed E-state index contributed by atoms with van der Waals surface area (Å²) in [6, 6.07) is 21.6. The third kappa shape index (κ3) is 5.31. The zero-order chi connectivity index (χ0) is 26.8. The van der Waals surface area contributed by atoms with Crippen molar-refractivity contribution in [2.24, 2.45) is 0 Å². The van der Waals surface area contributed by atoms with Crippen molar-refractivity contribution in [3.05, 3.63) is 106 Å². The first-order valence-electron chi connectivity index (χ1n) is 12.5. The Balaban J connectivity index is 1.46. The Morgan fingerprint density at radius 1 is 1.00 bits per heavy atom. The van der Waals surface area contributed by atoms with Crippen LogP contribution in [0, 0.1) is 20.8 Å². The maximum atomic E-state index is 13.7. The molecule has 1 aliphatic rings. The molecule has 0 radical (unpaired) electrons. The minimum Gasteiger partial charge on any atom is -0.497 e. The van der Waals surface area contributed by atoms with Gasteiger partial charge < -0.3 is 15.4 Å². The molecule has 2 N–H and O–H groups in total. The van der Waals surface area contributed by atoms with Crippen LogP contribution in [-0.2, 0) is 10.5 Å². The number of nitrogens with one attached hydrogen (secondary N) is 2. The zero-order valence-corrected chi connectivity index (χ0v) is 23.0. The van der Waals surface area contributed by atoms with Crippen LogP contribution in [0.5, 0.6) is 5.75 Å². The van der Waals surface area contributed by atoms with Crippen LogP contribution in [0.4, 0.5) is 11.6 Å². The molecule has 1 aliphatic heterocycles. The number of nitrogens with zero attached hydrogens (tertiary/aromatic N) is 3. The summed E-state index contributed by atoms with van der Waals surface area (Å²) < 4.78 is 7.06. The van der Waals surface area contributed by atoms with Gasteiger partial charge in [-0.15, -0.1) is 5.10 Å². The maximum absolute atomic E-state index is 13.7. The minimum atomic E-state index is -0.423. The van der Waals surface area contributed by atoms with Gasteiger partial charge in [0.15, 0.2) is 0 Å². The Morgan fingerprint density at radius 2 is 1.71 bits per heavy atom. The molecule has 8 heteroatoms. The molecule has 0 aliphatic carbocycles. The van der Waals surface area contributed by atoms with Crippen LogP contribution in [0.15, 0.2) is 83.2 Å². The van der Waals surface area contributed by atoms with Crippen LogP contribution in [0.1, 0.15) is 40.8 Å². The van der Waals surface area contributed by atoms with Crippen molar-refractivity contribution in [3.8, 4) is 5.75 Å². The molecule has 38 heavy (non-hydrogen) atoms. The number of carbonyl (C=O) groups excluding carboxylic acids is 1. The number of aromatic nitrogens is 3. The second-order valence-corrected chi connectivity index (χ2v) is 10.5. The fourth-order valence-corrected chi connectivity index (χ4v) is 5.47. The number of fused-ring (bicyclic) bond motifs is 1. The zero-order valence-electron chi connectivity index (χ0n) is 22.2. The van der Waals surface area contributed by atoms with Crippen LogP contribution >= 0.6 is 11.8 Å². The molecule has 0 saturated heterocycles. The van der Waals surface area contributed by atoms with Crippen molar-refractivity contribution in [2.75, 3.05) is 17.7 Å². The van der Waals surface area contributed by atoms with E-state index in [1.165, 1.54) is 16.7 Å². The second kappa shape index (κ2) is 10.8. The lowest BCUT2D eigenvalue weighted by molar-refractivity contribution is -0.113. The standard InChI is InChI=1S/C30H31N5O2S/c1-18-6-9-22(10-7-18)27-26(28(36)32-24-12-14-25(37-5)15-13-24)21(4)31-29-33-30(34-35(27)29)38-17-23-11-8-19(2)16-20(23)3/h6-16,27H,17H2,1-5H3,(H,32,36)(H,31,33,34)/t27-/m0/s1. The molecule has 0 spiro atoms. The van der Waals surface area contributed by atoms with Crippen LogP contribution in [0.2, 0.25) is 0 Å². The van der Waals surface area contributed by atoms with E-state index >= 15 is 0 Å². The van der Waals surface area contributed by atoms with Gasteiger partial charge in [-0.3, -0.25) is 4.79 Å². The second-order valence-electron chi connectivity index (χ2n) is 9.54. The van der Waals surface area contributed by atoms with Crippen LogP contribution in [0.3, 0.4) is 0 Å². The summed E-state index contributed by atoms with van der Waals surface area (Å²) in [6.45, 7) is 8.19. The number of anilines is 2. The van der Waals surface area contributed by atoms with Gasteiger partial charge in [-0.1, -0.05) is 65.4 Å². The maximum Gasteiger partial charge on any atom is 0.255 e. The molecule has 4 aromatic rings. The first-order chi connectivity index (χ1) is 18.3. The lowest BCUT2D eigenvalue weighted by Gasteiger charge is -2.28. The average molecular weight is 526 g/mol. The van der Waals surface area contributed by atoms with E-state index in [1.807, 2.05) is 54.9 Å². The number of amides is 1. The molecule has 1 atom stereocenters. The SMILES string of the molecule is COc1ccc(NC(=O)C2=C(C)Nc3nc(SCc4ccc(C)cc4C)nn3[C@H]2c2ccc(C)cc2)cc1. The number of ether oxygens (including phenoxy) is 1. The quantitative estimate of drug-likeness (QED) is 0.271. The van der Waals surface area contributed by atoms with Gasteiger partial charge in [-0.2, -0.15) is 4.98 Å². The van der Waals surface area contributed by atoms with E-state index in [4.69, 9.17) is 14.8 Å². The number of hydrogen-bond donors (Lipinski definition) is 2. The normalized spacial score (nSPS) is 14.6. The molecule has 0 bridgehead atoms. The number of allylic oxidation sites excluding steroid dienone is 1. The molecule has 3 aromatic carbocycles. The lowest BCUT2D eigenvalue weighted by atomic mass is 9.94. The van der Waals surface area contributed by atoms with E-state index in [-0.39, 0.29) is 5.91 Å². The van der Waals surface area contributed by atoms with E-state index < -0.39 is 6.04 Å². The van der Waals surface area contributed by atoms with Gasteiger partial charge in [-0.25, -0.2) is 4.68 Å². The number of aryl methyl sites for hydroxylation is 3. The number of thioether (sulfide) groups is 1. The highest BCUT2D eigenvalue weighted by atomic mass is 32.2. The number of benzene rings is 3. The van der Waals surface area contributed by atoms with E-state index in [0.29, 0.717) is 22.4 Å². The molecular weight excluding hydrogens is 494 g/mol. The fraction of sp³-hybridized carbons (Fsp3) is 0.233. The highest BCUT2D eigenvalue weighted by Crippen LogP contribution is 2.37. The van der Waals surface area contributed by atoms with Crippen molar-refractivity contribution >= 4 is 29.3 Å². The molecule has 0 unspecified atom stereocenters. The summed E-state index contributed by atoms with van der Waals surface area (Å²) in [5, 5.41) is 11.9. The monoisotopic (exact) mass is 525 g/mol. The van der Waals surface area contributed by atoms with E-state index in [9.17, 15) is 4.79 Å². The highest BCUT2D eigenvalue weighted by molar-refractivity contribution is 7.98. The number of rotatable bonds is 7.